The summed E-state index contributed by atoms with van der Waals surface area (Å²) in [5, 5.41) is 6.86. The van der Waals surface area contributed by atoms with Crippen molar-refractivity contribution in [3.05, 3.63) is 131 Å². The number of ether oxygens (including phenoxy) is 1. The van der Waals surface area contributed by atoms with Gasteiger partial charge >= 0.3 is 0 Å². The number of carbonyl (C=O) groups is 2. The van der Waals surface area contributed by atoms with E-state index in [1.807, 2.05) is 116 Å². The number of halogens is 1. The van der Waals surface area contributed by atoms with E-state index in [1.165, 1.54) is 0 Å². The fourth-order valence-corrected chi connectivity index (χ4v) is 5.39. The normalized spacial score (nSPS) is 11.6. The van der Waals surface area contributed by atoms with Crippen molar-refractivity contribution < 1.29 is 14.3 Å². The zero-order chi connectivity index (χ0) is 30.0. The summed E-state index contributed by atoms with van der Waals surface area (Å²) in [5.41, 5.74) is 5.36. The van der Waals surface area contributed by atoms with Crippen LogP contribution in [0.3, 0.4) is 0 Å². The van der Waals surface area contributed by atoms with Crippen LogP contribution in [0.25, 0.3) is 22.2 Å². The number of pyridine rings is 1. The summed E-state index contributed by atoms with van der Waals surface area (Å²) in [6, 6.07) is 34.6. The second-order valence-electron chi connectivity index (χ2n) is 10.2. The molecular formula is C36H34ClN3O3. The topological polar surface area (TPSA) is 80.3 Å². The highest BCUT2D eigenvalue weighted by Crippen LogP contribution is 2.37. The summed E-state index contributed by atoms with van der Waals surface area (Å²) in [4.78, 5) is 31.8. The van der Waals surface area contributed by atoms with Gasteiger partial charge in [-0.1, -0.05) is 110 Å². The van der Waals surface area contributed by atoms with Crippen LogP contribution in [0.4, 0.5) is 0 Å². The van der Waals surface area contributed by atoms with E-state index in [9.17, 15) is 9.59 Å². The average Bonchev–Trinajstić information content (AvgIpc) is 3.06. The van der Waals surface area contributed by atoms with E-state index in [2.05, 4.69) is 10.6 Å². The Morgan fingerprint density at radius 2 is 1.49 bits per heavy atom. The highest BCUT2D eigenvalue weighted by atomic mass is 35.5. The maximum absolute atomic E-state index is 14.1. The van der Waals surface area contributed by atoms with E-state index in [1.54, 1.807) is 0 Å². The van der Waals surface area contributed by atoms with Crippen LogP contribution in [-0.4, -0.2) is 29.9 Å². The molecule has 5 rings (SSSR count). The Labute approximate surface area is 257 Å². The lowest BCUT2D eigenvalue weighted by Gasteiger charge is -2.21. The minimum atomic E-state index is -0.247. The Hall–Kier alpha value is -4.68. The fourth-order valence-electron chi connectivity index (χ4n) is 5.13. The number of rotatable bonds is 12. The first-order valence-electron chi connectivity index (χ1n) is 14.4. The van der Waals surface area contributed by atoms with Crippen LogP contribution in [0.1, 0.15) is 46.4 Å². The number of amides is 2. The number of nitrogens with zero attached hydrogens (tertiary/aromatic N) is 1. The van der Waals surface area contributed by atoms with Crippen molar-refractivity contribution in [3.8, 4) is 17.0 Å². The standard InChI is InChI=1S/C36H34ClN3O3/c1-2-30(25-13-5-3-6-14-25)40-36(42)33-29-19-11-12-20-31(29)39-34(26-15-7-4-8-16-26)35(33)43-22-21-38-32(41)23-27-17-9-10-18-28(27)24-37/h3-20,30H,2,21-24H2,1H3,(H,38,41)(H,40,42)/t30-/m0/s1. The zero-order valence-electron chi connectivity index (χ0n) is 24.1. The van der Waals surface area contributed by atoms with Gasteiger partial charge in [0.1, 0.15) is 12.3 Å². The molecule has 0 aliphatic rings. The van der Waals surface area contributed by atoms with E-state index in [0.29, 0.717) is 33.8 Å². The lowest BCUT2D eigenvalue weighted by molar-refractivity contribution is -0.120. The Kier molecular flexibility index (Phi) is 10.0. The minimum Gasteiger partial charge on any atom is -0.489 e. The molecule has 0 aliphatic carbocycles. The van der Waals surface area contributed by atoms with Crippen LogP contribution in [0.2, 0.25) is 0 Å². The molecule has 43 heavy (non-hydrogen) atoms. The molecule has 4 aromatic carbocycles. The molecule has 1 aromatic heterocycles. The Morgan fingerprint density at radius 1 is 0.837 bits per heavy atom. The molecule has 0 radical (unpaired) electrons. The van der Waals surface area contributed by atoms with Crippen LogP contribution in [0, 0.1) is 0 Å². The molecule has 7 heteroatoms. The first-order valence-corrected chi connectivity index (χ1v) is 15.0. The van der Waals surface area contributed by atoms with Crippen molar-refractivity contribution in [1.29, 1.82) is 0 Å². The number of aromatic nitrogens is 1. The Balaban J connectivity index is 1.44. The molecule has 0 saturated carbocycles. The summed E-state index contributed by atoms with van der Waals surface area (Å²) >= 11 is 6.04. The number of hydrogen-bond acceptors (Lipinski definition) is 4. The quantitative estimate of drug-likeness (QED) is 0.118. The van der Waals surface area contributed by atoms with Crippen LogP contribution in [-0.2, 0) is 17.1 Å². The van der Waals surface area contributed by atoms with Gasteiger partial charge in [-0.3, -0.25) is 9.59 Å². The van der Waals surface area contributed by atoms with Gasteiger partial charge < -0.3 is 15.4 Å². The predicted molar refractivity (Wildman–Crippen MR) is 172 cm³/mol. The van der Waals surface area contributed by atoms with Gasteiger partial charge in [0.2, 0.25) is 5.91 Å². The first-order chi connectivity index (χ1) is 21.1. The SMILES string of the molecule is CC[C@H](NC(=O)c1c(OCCNC(=O)Cc2ccccc2CCl)c(-c2ccccc2)nc2ccccc12)c1ccccc1. The second kappa shape index (κ2) is 14.5. The third-order valence-electron chi connectivity index (χ3n) is 7.32. The first kappa shape index (κ1) is 29.8. The second-order valence-corrected chi connectivity index (χ2v) is 10.4. The molecule has 1 heterocycles. The van der Waals surface area contributed by atoms with Gasteiger partial charge in [-0.15, -0.1) is 11.6 Å². The minimum absolute atomic E-state index is 0.132. The largest absolute Gasteiger partial charge is 0.489 e. The Bertz CT molecular complexity index is 1690. The lowest BCUT2D eigenvalue weighted by atomic mass is 10.00. The van der Waals surface area contributed by atoms with Crippen molar-refractivity contribution in [1.82, 2.24) is 15.6 Å². The lowest BCUT2D eigenvalue weighted by Crippen LogP contribution is -2.31. The van der Waals surface area contributed by atoms with E-state index >= 15 is 0 Å². The summed E-state index contributed by atoms with van der Waals surface area (Å²) in [6.07, 6.45) is 0.945. The number of nitrogens with one attached hydrogen (secondary N) is 2. The van der Waals surface area contributed by atoms with Gasteiger partial charge in [-0.2, -0.15) is 0 Å². The number of para-hydroxylation sites is 1. The molecule has 2 amide bonds. The van der Waals surface area contributed by atoms with Crippen molar-refractivity contribution >= 4 is 34.3 Å². The summed E-state index contributed by atoms with van der Waals surface area (Å²) in [5.74, 6) is 0.348. The van der Waals surface area contributed by atoms with Gasteiger partial charge in [0, 0.05) is 16.8 Å². The number of fused-ring (bicyclic) bond motifs is 1. The maximum Gasteiger partial charge on any atom is 0.256 e. The number of benzene rings is 4. The Morgan fingerprint density at radius 3 is 2.21 bits per heavy atom. The smallest absolute Gasteiger partial charge is 0.256 e. The molecular weight excluding hydrogens is 558 g/mol. The van der Waals surface area contributed by atoms with Crippen LogP contribution in [0.15, 0.2) is 109 Å². The van der Waals surface area contributed by atoms with E-state index in [4.69, 9.17) is 21.3 Å². The van der Waals surface area contributed by atoms with Crippen molar-refractivity contribution in [2.24, 2.45) is 0 Å². The van der Waals surface area contributed by atoms with E-state index < -0.39 is 0 Å². The number of carbonyl (C=O) groups excluding carboxylic acids is 2. The third-order valence-corrected chi connectivity index (χ3v) is 7.61. The van der Waals surface area contributed by atoms with E-state index in [-0.39, 0.29) is 37.4 Å². The molecule has 0 bridgehead atoms. The average molecular weight is 592 g/mol. The van der Waals surface area contributed by atoms with Crippen molar-refractivity contribution in [3.63, 3.8) is 0 Å². The number of alkyl halides is 1. The third kappa shape index (κ3) is 7.22. The summed E-state index contributed by atoms with van der Waals surface area (Å²) < 4.78 is 6.36. The molecule has 1 atom stereocenters. The van der Waals surface area contributed by atoms with E-state index in [0.717, 1.165) is 28.7 Å². The summed E-state index contributed by atoms with van der Waals surface area (Å²) in [6.45, 7) is 2.45. The molecule has 6 nitrogen and oxygen atoms in total. The highest BCUT2D eigenvalue weighted by molar-refractivity contribution is 6.17. The molecule has 5 aromatic rings. The molecule has 0 aliphatic heterocycles. The van der Waals surface area contributed by atoms with Crippen LogP contribution in [0.5, 0.6) is 5.75 Å². The van der Waals surface area contributed by atoms with Gasteiger partial charge in [0.05, 0.1) is 30.1 Å². The molecule has 0 fully saturated rings. The van der Waals surface area contributed by atoms with Crippen LogP contribution < -0.4 is 15.4 Å². The molecule has 2 N–H and O–H groups in total. The highest BCUT2D eigenvalue weighted by Gasteiger charge is 2.25. The van der Waals surface area contributed by atoms with Crippen molar-refractivity contribution in [2.75, 3.05) is 13.2 Å². The summed E-state index contributed by atoms with van der Waals surface area (Å²) in [7, 11) is 0. The molecule has 0 unspecified atom stereocenters. The van der Waals surface area contributed by atoms with Gasteiger partial charge in [-0.25, -0.2) is 4.98 Å². The monoisotopic (exact) mass is 591 g/mol. The predicted octanol–water partition coefficient (Wildman–Crippen LogP) is 7.26. The molecule has 0 saturated heterocycles. The number of hydrogen-bond donors (Lipinski definition) is 2. The molecule has 218 valence electrons. The fraction of sp³-hybridized carbons (Fsp3) is 0.194. The van der Waals surface area contributed by atoms with Crippen LogP contribution >= 0.6 is 11.6 Å². The van der Waals surface area contributed by atoms with Gasteiger partial charge in [-0.05, 0) is 29.2 Å². The van der Waals surface area contributed by atoms with Gasteiger partial charge in [0.15, 0.2) is 5.75 Å². The maximum atomic E-state index is 14.1. The molecule has 0 spiro atoms. The van der Waals surface area contributed by atoms with Gasteiger partial charge in [0.25, 0.3) is 5.91 Å². The zero-order valence-corrected chi connectivity index (χ0v) is 24.8. The van der Waals surface area contributed by atoms with Crippen molar-refractivity contribution in [2.45, 2.75) is 31.7 Å².